The molecule has 0 spiro atoms. The Hall–Kier alpha value is -2.35. The van der Waals surface area contributed by atoms with Crippen molar-refractivity contribution < 1.29 is 14.7 Å². The molecule has 1 aromatic heterocycles. The van der Waals surface area contributed by atoms with Gasteiger partial charge < -0.3 is 15.0 Å². The summed E-state index contributed by atoms with van der Waals surface area (Å²) in [6.07, 6.45) is 1.61. The van der Waals surface area contributed by atoms with Crippen LogP contribution in [0.2, 0.25) is 0 Å². The highest BCUT2D eigenvalue weighted by Crippen LogP contribution is 2.19. The number of aromatic nitrogens is 3. The van der Waals surface area contributed by atoms with Gasteiger partial charge in [-0.2, -0.15) is 0 Å². The number of benzene rings is 1. The molecule has 122 valence electrons. The van der Waals surface area contributed by atoms with E-state index in [1.165, 1.54) is 11.8 Å². The van der Waals surface area contributed by atoms with Crippen LogP contribution in [0.1, 0.15) is 31.5 Å². The third-order valence-corrected chi connectivity index (χ3v) is 4.07. The highest BCUT2D eigenvalue weighted by atomic mass is 32.2. The first kappa shape index (κ1) is 17.0. The Morgan fingerprint density at radius 2 is 2.00 bits per heavy atom. The molecule has 0 fully saturated rings. The third kappa shape index (κ3) is 4.56. The Balaban J connectivity index is 1.97. The number of thioether (sulfide) groups is 1. The fourth-order valence-electron chi connectivity index (χ4n) is 1.96. The van der Waals surface area contributed by atoms with Gasteiger partial charge in [-0.1, -0.05) is 42.1 Å². The molecule has 23 heavy (non-hydrogen) atoms. The molecule has 0 aliphatic carbocycles. The zero-order valence-corrected chi connectivity index (χ0v) is 13.7. The Bertz CT molecular complexity index is 672. The summed E-state index contributed by atoms with van der Waals surface area (Å²) in [5.74, 6) is -1.40. The van der Waals surface area contributed by atoms with E-state index in [9.17, 15) is 14.7 Å². The van der Waals surface area contributed by atoms with Crippen molar-refractivity contribution in [2.75, 3.05) is 5.75 Å². The maximum absolute atomic E-state index is 12.1. The number of carbonyl (C=O) groups is 2. The van der Waals surface area contributed by atoms with Crippen molar-refractivity contribution >= 4 is 23.6 Å². The van der Waals surface area contributed by atoms with E-state index in [1.54, 1.807) is 36.7 Å². The number of amides is 1. The predicted octanol–water partition coefficient (Wildman–Crippen LogP) is 1.89. The van der Waals surface area contributed by atoms with Crippen molar-refractivity contribution in [3.05, 3.63) is 42.2 Å². The number of carboxylic acids is 1. The SMILES string of the molecule is CC(C)n1cnnc1SCC(=O)NC(C(=O)O)c1ccccc1. The quantitative estimate of drug-likeness (QED) is 0.751. The van der Waals surface area contributed by atoms with Gasteiger partial charge in [0, 0.05) is 6.04 Å². The number of carbonyl (C=O) groups excluding carboxylic acids is 1. The highest BCUT2D eigenvalue weighted by Gasteiger charge is 2.22. The van der Waals surface area contributed by atoms with Crippen molar-refractivity contribution in [2.24, 2.45) is 0 Å². The van der Waals surface area contributed by atoms with Crippen molar-refractivity contribution in [1.29, 1.82) is 0 Å². The number of rotatable bonds is 7. The summed E-state index contributed by atoms with van der Waals surface area (Å²) in [4.78, 5) is 23.4. The van der Waals surface area contributed by atoms with Crippen molar-refractivity contribution in [3.63, 3.8) is 0 Å². The lowest BCUT2D eigenvalue weighted by molar-refractivity contribution is -0.141. The maximum Gasteiger partial charge on any atom is 0.330 e. The van der Waals surface area contributed by atoms with Gasteiger partial charge in [0.25, 0.3) is 0 Å². The molecule has 0 radical (unpaired) electrons. The fraction of sp³-hybridized carbons (Fsp3) is 0.333. The number of hydrogen-bond acceptors (Lipinski definition) is 5. The molecule has 1 atom stereocenters. The van der Waals surface area contributed by atoms with Gasteiger partial charge in [0.1, 0.15) is 6.33 Å². The first-order valence-corrected chi connectivity index (χ1v) is 8.07. The van der Waals surface area contributed by atoms with E-state index in [-0.39, 0.29) is 17.7 Å². The number of aliphatic carboxylic acids is 1. The lowest BCUT2D eigenvalue weighted by atomic mass is 10.1. The van der Waals surface area contributed by atoms with Crippen LogP contribution in [0.3, 0.4) is 0 Å². The van der Waals surface area contributed by atoms with Crippen LogP contribution in [0.25, 0.3) is 0 Å². The molecule has 8 heteroatoms. The molecule has 1 aromatic carbocycles. The van der Waals surface area contributed by atoms with Gasteiger partial charge in [-0.05, 0) is 19.4 Å². The van der Waals surface area contributed by atoms with Crippen LogP contribution in [0.5, 0.6) is 0 Å². The molecule has 1 heterocycles. The monoisotopic (exact) mass is 334 g/mol. The molecule has 0 saturated heterocycles. The minimum absolute atomic E-state index is 0.0715. The molecule has 1 unspecified atom stereocenters. The Morgan fingerprint density at radius 3 is 2.61 bits per heavy atom. The molecule has 2 aromatic rings. The standard InChI is InChI=1S/C15H18N4O3S/c1-10(2)19-9-16-18-15(19)23-8-12(20)17-13(14(21)22)11-6-4-3-5-7-11/h3-7,9-10,13H,8H2,1-2H3,(H,17,20)(H,21,22). The summed E-state index contributed by atoms with van der Waals surface area (Å²) in [5, 5.41) is 20.2. The van der Waals surface area contributed by atoms with E-state index >= 15 is 0 Å². The summed E-state index contributed by atoms with van der Waals surface area (Å²) >= 11 is 1.22. The highest BCUT2D eigenvalue weighted by molar-refractivity contribution is 7.99. The van der Waals surface area contributed by atoms with Gasteiger partial charge in [0.15, 0.2) is 11.2 Å². The van der Waals surface area contributed by atoms with E-state index in [1.807, 2.05) is 18.4 Å². The average molecular weight is 334 g/mol. The smallest absolute Gasteiger partial charge is 0.330 e. The summed E-state index contributed by atoms with van der Waals surface area (Å²) < 4.78 is 1.85. The van der Waals surface area contributed by atoms with Crippen LogP contribution >= 0.6 is 11.8 Å². The molecular weight excluding hydrogens is 316 g/mol. The maximum atomic E-state index is 12.1. The Morgan fingerprint density at radius 1 is 1.30 bits per heavy atom. The Kier molecular flexibility index (Phi) is 5.75. The Labute approximate surface area is 138 Å². The van der Waals surface area contributed by atoms with Gasteiger partial charge in [-0.15, -0.1) is 10.2 Å². The summed E-state index contributed by atoms with van der Waals surface area (Å²) in [6, 6.07) is 7.72. The first-order valence-electron chi connectivity index (χ1n) is 7.08. The molecular formula is C15H18N4O3S. The van der Waals surface area contributed by atoms with Crippen molar-refractivity contribution in [3.8, 4) is 0 Å². The summed E-state index contributed by atoms with van der Waals surface area (Å²) in [7, 11) is 0. The molecule has 0 saturated carbocycles. The van der Waals surface area contributed by atoms with Crippen LogP contribution in [0, 0.1) is 0 Å². The lowest BCUT2D eigenvalue weighted by Gasteiger charge is -2.15. The van der Waals surface area contributed by atoms with Crippen LogP contribution in [-0.2, 0) is 9.59 Å². The second-order valence-corrected chi connectivity index (χ2v) is 6.10. The van der Waals surface area contributed by atoms with Gasteiger partial charge in [-0.3, -0.25) is 4.79 Å². The second kappa shape index (κ2) is 7.77. The van der Waals surface area contributed by atoms with Crippen LogP contribution in [0.4, 0.5) is 0 Å². The van der Waals surface area contributed by atoms with Gasteiger partial charge in [0.2, 0.25) is 5.91 Å². The van der Waals surface area contributed by atoms with Crippen LogP contribution in [-0.4, -0.2) is 37.5 Å². The topological polar surface area (TPSA) is 97.1 Å². The van der Waals surface area contributed by atoms with Crippen LogP contribution < -0.4 is 5.32 Å². The fourth-order valence-corrected chi connectivity index (χ4v) is 2.81. The predicted molar refractivity (Wildman–Crippen MR) is 86.1 cm³/mol. The molecule has 1 amide bonds. The second-order valence-electron chi connectivity index (χ2n) is 5.15. The summed E-state index contributed by atoms with van der Waals surface area (Å²) in [5.41, 5.74) is 0.531. The largest absolute Gasteiger partial charge is 0.479 e. The van der Waals surface area contributed by atoms with E-state index < -0.39 is 12.0 Å². The third-order valence-electron chi connectivity index (χ3n) is 3.11. The number of nitrogens with one attached hydrogen (secondary N) is 1. The number of carboxylic acid groups (broad SMARTS) is 1. The van der Waals surface area contributed by atoms with E-state index in [0.717, 1.165) is 0 Å². The minimum atomic E-state index is -1.10. The number of hydrogen-bond donors (Lipinski definition) is 2. The first-order chi connectivity index (χ1) is 11.0. The van der Waals surface area contributed by atoms with Gasteiger partial charge in [-0.25, -0.2) is 4.79 Å². The molecule has 2 rings (SSSR count). The zero-order chi connectivity index (χ0) is 16.8. The average Bonchev–Trinajstić information content (AvgIpc) is 3.00. The van der Waals surface area contributed by atoms with Crippen molar-refractivity contribution in [1.82, 2.24) is 20.1 Å². The van der Waals surface area contributed by atoms with Crippen LogP contribution in [0.15, 0.2) is 41.8 Å². The van der Waals surface area contributed by atoms with Gasteiger partial charge in [0.05, 0.1) is 5.75 Å². The molecule has 0 aliphatic rings. The van der Waals surface area contributed by atoms with Gasteiger partial charge >= 0.3 is 5.97 Å². The van der Waals surface area contributed by atoms with E-state index in [4.69, 9.17) is 0 Å². The molecule has 0 aliphatic heterocycles. The molecule has 0 bridgehead atoms. The summed E-state index contributed by atoms with van der Waals surface area (Å²) in [6.45, 7) is 3.98. The van der Waals surface area contributed by atoms with Crippen molar-refractivity contribution in [2.45, 2.75) is 31.1 Å². The zero-order valence-electron chi connectivity index (χ0n) is 12.8. The molecule has 7 nitrogen and oxygen atoms in total. The van der Waals surface area contributed by atoms with E-state index in [0.29, 0.717) is 10.7 Å². The van der Waals surface area contributed by atoms with E-state index in [2.05, 4.69) is 15.5 Å². The number of nitrogens with zero attached hydrogens (tertiary/aromatic N) is 3. The minimum Gasteiger partial charge on any atom is -0.479 e. The lowest BCUT2D eigenvalue weighted by Crippen LogP contribution is -2.34. The molecule has 2 N–H and O–H groups in total. The normalized spacial score (nSPS) is 12.1.